The largest absolute Gasteiger partial charge is 0.490 e. The van der Waals surface area contributed by atoms with Crippen LogP contribution in [0.2, 0.25) is 0 Å². The first kappa shape index (κ1) is 29.7. The molecule has 1 heterocycles. The van der Waals surface area contributed by atoms with Crippen molar-refractivity contribution in [1.82, 2.24) is 9.80 Å². The molecule has 9 nitrogen and oxygen atoms in total. The summed E-state index contributed by atoms with van der Waals surface area (Å²) in [7, 11) is 1.67. The van der Waals surface area contributed by atoms with Gasteiger partial charge in [-0.25, -0.2) is 4.79 Å². The molecule has 9 heteroatoms. The molecule has 40 heavy (non-hydrogen) atoms. The van der Waals surface area contributed by atoms with E-state index in [-0.39, 0.29) is 18.5 Å². The van der Waals surface area contributed by atoms with Gasteiger partial charge in [0.25, 0.3) is 5.91 Å². The van der Waals surface area contributed by atoms with Crippen LogP contribution in [0.3, 0.4) is 0 Å². The number of hydrogen-bond acceptors (Lipinski definition) is 7. The van der Waals surface area contributed by atoms with E-state index in [2.05, 4.69) is 0 Å². The van der Waals surface area contributed by atoms with Crippen LogP contribution < -0.4 is 9.47 Å². The molecule has 1 aliphatic carbocycles. The average Bonchev–Trinajstić information content (AvgIpc) is 3.78. The number of ether oxygens (including phenoxy) is 5. The predicted octanol–water partition coefficient (Wildman–Crippen LogP) is 4.81. The van der Waals surface area contributed by atoms with E-state index in [0.29, 0.717) is 51.0 Å². The van der Waals surface area contributed by atoms with E-state index in [1.54, 1.807) is 12.0 Å². The molecule has 0 spiro atoms. The Balaban J connectivity index is 1.44. The van der Waals surface area contributed by atoms with E-state index in [4.69, 9.17) is 23.7 Å². The Hall–Kier alpha value is -3.30. The van der Waals surface area contributed by atoms with E-state index < -0.39 is 17.8 Å². The van der Waals surface area contributed by atoms with E-state index in [0.717, 1.165) is 30.4 Å². The zero-order chi connectivity index (χ0) is 28.5. The lowest BCUT2D eigenvalue weighted by Crippen LogP contribution is -2.53. The number of carbonyl (C=O) groups excluding carboxylic acids is 2. The Kier molecular flexibility index (Phi) is 10.3. The minimum Gasteiger partial charge on any atom is -0.490 e. The average molecular weight is 555 g/mol. The summed E-state index contributed by atoms with van der Waals surface area (Å²) < 4.78 is 28.7. The van der Waals surface area contributed by atoms with Gasteiger partial charge in [0.1, 0.15) is 12.2 Å². The number of rotatable bonds is 12. The first-order valence-electron chi connectivity index (χ1n) is 14.0. The molecule has 1 unspecified atom stereocenters. The molecule has 2 amide bonds. The topological polar surface area (TPSA) is 86.8 Å². The van der Waals surface area contributed by atoms with Crippen molar-refractivity contribution >= 4 is 12.0 Å². The van der Waals surface area contributed by atoms with Gasteiger partial charge in [-0.1, -0.05) is 36.4 Å². The summed E-state index contributed by atoms with van der Waals surface area (Å²) >= 11 is 0. The highest BCUT2D eigenvalue weighted by molar-refractivity contribution is 5.83. The summed E-state index contributed by atoms with van der Waals surface area (Å²) in [6.45, 7) is 8.29. The van der Waals surface area contributed by atoms with Crippen molar-refractivity contribution in [3.63, 3.8) is 0 Å². The molecule has 2 aromatic carbocycles. The predicted molar refractivity (Wildman–Crippen MR) is 150 cm³/mol. The summed E-state index contributed by atoms with van der Waals surface area (Å²) in [6, 6.07) is 16.0. The van der Waals surface area contributed by atoms with Crippen LogP contribution in [-0.2, 0) is 32.2 Å². The van der Waals surface area contributed by atoms with Crippen LogP contribution in [-0.4, -0.2) is 79.6 Å². The second-order valence-electron chi connectivity index (χ2n) is 11.2. The maximum Gasteiger partial charge on any atom is 0.410 e. The molecule has 0 radical (unpaired) electrons. The van der Waals surface area contributed by atoms with Crippen LogP contribution in [0.5, 0.6) is 11.5 Å². The summed E-state index contributed by atoms with van der Waals surface area (Å²) in [6.07, 6.45) is 1.51. The molecule has 1 atom stereocenters. The van der Waals surface area contributed by atoms with Crippen LogP contribution in [0.15, 0.2) is 48.5 Å². The van der Waals surface area contributed by atoms with Crippen molar-refractivity contribution in [2.45, 2.75) is 70.9 Å². The normalized spacial score (nSPS) is 17.3. The number of methoxy groups -OCH3 is 1. The highest BCUT2D eigenvalue weighted by Crippen LogP contribution is 2.33. The van der Waals surface area contributed by atoms with Gasteiger partial charge in [-0.05, 0) is 56.9 Å². The minimum absolute atomic E-state index is 0.109. The third-order valence-electron chi connectivity index (χ3n) is 6.61. The van der Waals surface area contributed by atoms with Gasteiger partial charge in [0.15, 0.2) is 17.6 Å². The SMILES string of the molecule is COCCCOc1cc(CN(C(=O)C2CN(C(=O)OC(C)(C)C)CCO2)C2CC2)ccc1OCc1ccccc1. The summed E-state index contributed by atoms with van der Waals surface area (Å²) in [5.74, 6) is 1.18. The number of benzene rings is 2. The van der Waals surface area contributed by atoms with Gasteiger partial charge in [0, 0.05) is 39.3 Å². The molecule has 1 saturated heterocycles. The van der Waals surface area contributed by atoms with Crippen LogP contribution in [0.4, 0.5) is 4.79 Å². The molecule has 0 aromatic heterocycles. The second-order valence-corrected chi connectivity index (χ2v) is 11.2. The Morgan fingerprint density at radius 2 is 1.77 bits per heavy atom. The fourth-order valence-corrected chi connectivity index (χ4v) is 4.45. The lowest BCUT2D eigenvalue weighted by Gasteiger charge is -2.36. The van der Waals surface area contributed by atoms with E-state index in [1.807, 2.05) is 74.2 Å². The fraction of sp³-hybridized carbons (Fsp3) is 0.548. The van der Waals surface area contributed by atoms with Crippen molar-refractivity contribution in [3.8, 4) is 11.5 Å². The summed E-state index contributed by atoms with van der Waals surface area (Å²) in [4.78, 5) is 29.7. The van der Waals surface area contributed by atoms with E-state index >= 15 is 0 Å². The summed E-state index contributed by atoms with van der Waals surface area (Å²) in [5, 5.41) is 0. The number of amides is 2. The number of carbonyl (C=O) groups is 2. The highest BCUT2D eigenvalue weighted by Gasteiger charge is 2.39. The fourth-order valence-electron chi connectivity index (χ4n) is 4.45. The van der Waals surface area contributed by atoms with Crippen molar-refractivity contribution < 1.29 is 33.3 Å². The Labute approximate surface area is 237 Å². The molecule has 0 N–H and O–H groups in total. The van der Waals surface area contributed by atoms with Gasteiger partial charge < -0.3 is 33.5 Å². The lowest BCUT2D eigenvalue weighted by atomic mass is 10.1. The molecule has 2 aromatic rings. The number of morpholine rings is 1. The van der Waals surface area contributed by atoms with Gasteiger partial charge in [-0.3, -0.25) is 4.79 Å². The third kappa shape index (κ3) is 8.86. The van der Waals surface area contributed by atoms with Gasteiger partial charge >= 0.3 is 6.09 Å². The quantitative estimate of drug-likeness (QED) is 0.348. The first-order chi connectivity index (χ1) is 19.2. The van der Waals surface area contributed by atoms with Gasteiger partial charge in [-0.2, -0.15) is 0 Å². The van der Waals surface area contributed by atoms with Crippen molar-refractivity contribution in [2.24, 2.45) is 0 Å². The molecule has 2 fully saturated rings. The van der Waals surface area contributed by atoms with Crippen molar-refractivity contribution in [2.75, 3.05) is 40.0 Å². The summed E-state index contributed by atoms with van der Waals surface area (Å²) in [5.41, 5.74) is 1.40. The molecular weight excluding hydrogens is 512 g/mol. The zero-order valence-electron chi connectivity index (χ0n) is 24.1. The standard InChI is InChI=1S/C31H42N2O7/c1-31(2,3)40-30(35)32-15-18-38-28(21-32)29(34)33(25-12-13-25)20-24-11-14-26(27(19-24)37-17-8-16-36-4)39-22-23-9-6-5-7-10-23/h5-7,9-11,14,19,25,28H,8,12-13,15-18,20-22H2,1-4H3. The zero-order valence-corrected chi connectivity index (χ0v) is 24.1. The first-order valence-corrected chi connectivity index (χ1v) is 14.0. The lowest BCUT2D eigenvalue weighted by molar-refractivity contribution is -0.150. The Morgan fingerprint density at radius 3 is 2.48 bits per heavy atom. The van der Waals surface area contributed by atoms with Crippen LogP contribution in [0.25, 0.3) is 0 Å². The minimum atomic E-state index is -0.722. The monoisotopic (exact) mass is 554 g/mol. The Morgan fingerprint density at radius 1 is 1.00 bits per heavy atom. The van der Waals surface area contributed by atoms with Gasteiger partial charge in [0.2, 0.25) is 0 Å². The second kappa shape index (κ2) is 13.9. The molecule has 1 aliphatic heterocycles. The molecule has 0 bridgehead atoms. The highest BCUT2D eigenvalue weighted by atomic mass is 16.6. The van der Waals surface area contributed by atoms with E-state index in [1.165, 1.54) is 0 Å². The maximum atomic E-state index is 13.6. The molecule has 1 saturated carbocycles. The van der Waals surface area contributed by atoms with Crippen LogP contribution >= 0.6 is 0 Å². The van der Waals surface area contributed by atoms with Crippen molar-refractivity contribution in [1.29, 1.82) is 0 Å². The smallest absolute Gasteiger partial charge is 0.410 e. The number of nitrogens with zero attached hydrogens (tertiary/aromatic N) is 2. The van der Waals surface area contributed by atoms with E-state index in [9.17, 15) is 9.59 Å². The molecule has 4 rings (SSSR count). The van der Waals surface area contributed by atoms with Crippen molar-refractivity contribution in [3.05, 3.63) is 59.7 Å². The third-order valence-corrected chi connectivity index (χ3v) is 6.61. The van der Waals surface area contributed by atoms with Gasteiger partial charge in [0.05, 0.1) is 19.8 Å². The maximum absolute atomic E-state index is 13.6. The van der Waals surface area contributed by atoms with Crippen LogP contribution in [0, 0.1) is 0 Å². The number of hydrogen-bond donors (Lipinski definition) is 0. The molecular formula is C31H42N2O7. The van der Waals surface area contributed by atoms with Gasteiger partial charge in [-0.15, -0.1) is 0 Å². The Bertz CT molecular complexity index is 1110. The van der Waals surface area contributed by atoms with Crippen LogP contribution in [0.1, 0.15) is 51.2 Å². The molecule has 2 aliphatic rings. The molecule has 218 valence electrons.